The molecule has 7 nitrogen and oxygen atoms in total. The number of carboxylic acids is 2. The molecule has 0 aliphatic carbocycles. The molecular formula is C14H17NO6. The van der Waals surface area contributed by atoms with Gasteiger partial charge in [0, 0.05) is 6.42 Å². The molecule has 0 radical (unpaired) electrons. The minimum absolute atomic E-state index is 0.190. The van der Waals surface area contributed by atoms with Gasteiger partial charge in [-0.05, 0) is 25.5 Å². The Labute approximate surface area is 121 Å². The number of carbonyl (C=O) groups excluding carboxylic acids is 1. The molecule has 0 bridgehead atoms. The second kappa shape index (κ2) is 7.28. The number of hydrogen-bond acceptors (Lipinski definition) is 4. The molecule has 0 heterocycles. The molecule has 1 atom stereocenters. The highest BCUT2D eigenvalue weighted by molar-refractivity contribution is 5.99. The summed E-state index contributed by atoms with van der Waals surface area (Å²) in [4.78, 5) is 33.7. The van der Waals surface area contributed by atoms with E-state index in [1.54, 1.807) is 25.1 Å². The van der Waals surface area contributed by atoms with Crippen LogP contribution in [-0.2, 0) is 9.59 Å². The van der Waals surface area contributed by atoms with E-state index in [4.69, 9.17) is 14.9 Å². The van der Waals surface area contributed by atoms with Gasteiger partial charge in [0.2, 0.25) is 0 Å². The van der Waals surface area contributed by atoms with E-state index in [9.17, 15) is 14.4 Å². The normalized spacial score (nSPS) is 11.5. The predicted molar refractivity (Wildman–Crippen MR) is 73.5 cm³/mol. The number of benzene rings is 1. The molecule has 1 aromatic rings. The van der Waals surface area contributed by atoms with Gasteiger partial charge >= 0.3 is 11.9 Å². The standard InChI is InChI=1S/C14H17NO6/c1-8-3-5-11(21-2)9(7-8)13(18)15-10(14(19)20)4-6-12(16)17/h3,5,7,10H,4,6H2,1-2H3,(H,15,18)(H,16,17)(H,19,20). The van der Waals surface area contributed by atoms with Crippen molar-refractivity contribution in [3.63, 3.8) is 0 Å². The topological polar surface area (TPSA) is 113 Å². The Morgan fingerprint density at radius 1 is 1.29 bits per heavy atom. The van der Waals surface area contributed by atoms with E-state index in [1.807, 2.05) is 0 Å². The van der Waals surface area contributed by atoms with Gasteiger partial charge in [0.1, 0.15) is 11.8 Å². The molecule has 1 unspecified atom stereocenters. The number of hydrogen-bond donors (Lipinski definition) is 3. The second-order valence-corrected chi connectivity index (χ2v) is 4.50. The molecule has 0 saturated heterocycles. The average Bonchev–Trinajstić information content (AvgIpc) is 2.42. The summed E-state index contributed by atoms with van der Waals surface area (Å²) in [6.45, 7) is 1.79. The maximum atomic E-state index is 12.1. The molecule has 0 aliphatic rings. The number of nitrogens with one attached hydrogen (secondary N) is 1. The van der Waals surface area contributed by atoms with Crippen molar-refractivity contribution in [1.29, 1.82) is 0 Å². The smallest absolute Gasteiger partial charge is 0.326 e. The summed E-state index contributed by atoms with van der Waals surface area (Å²) < 4.78 is 5.06. The van der Waals surface area contributed by atoms with Crippen LogP contribution in [-0.4, -0.2) is 41.2 Å². The van der Waals surface area contributed by atoms with Gasteiger partial charge in [-0.25, -0.2) is 4.79 Å². The van der Waals surface area contributed by atoms with Crippen LogP contribution in [0.1, 0.15) is 28.8 Å². The van der Waals surface area contributed by atoms with E-state index in [0.29, 0.717) is 5.75 Å². The molecule has 21 heavy (non-hydrogen) atoms. The van der Waals surface area contributed by atoms with Crippen LogP contribution in [0.25, 0.3) is 0 Å². The minimum Gasteiger partial charge on any atom is -0.496 e. The molecule has 1 aromatic carbocycles. The first-order valence-corrected chi connectivity index (χ1v) is 6.25. The number of aryl methyl sites for hydroxylation is 1. The van der Waals surface area contributed by atoms with E-state index in [1.165, 1.54) is 7.11 Å². The van der Waals surface area contributed by atoms with Crippen molar-refractivity contribution >= 4 is 17.8 Å². The van der Waals surface area contributed by atoms with E-state index in [0.717, 1.165) is 5.56 Å². The first kappa shape index (κ1) is 16.5. The zero-order valence-electron chi connectivity index (χ0n) is 11.8. The molecule has 0 saturated carbocycles. The summed E-state index contributed by atoms with van der Waals surface area (Å²) in [5.41, 5.74) is 1.03. The van der Waals surface area contributed by atoms with Crippen LogP contribution in [0.5, 0.6) is 5.75 Å². The molecular weight excluding hydrogens is 278 g/mol. The third kappa shape index (κ3) is 4.79. The van der Waals surface area contributed by atoms with Crippen LogP contribution >= 0.6 is 0 Å². The molecule has 3 N–H and O–H groups in total. The van der Waals surface area contributed by atoms with Gasteiger partial charge in [-0.1, -0.05) is 11.6 Å². The summed E-state index contributed by atoms with van der Waals surface area (Å²) in [7, 11) is 1.40. The maximum Gasteiger partial charge on any atom is 0.326 e. The highest BCUT2D eigenvalue weighted by atomic mass is 16.5. The summed E-state index contributed by atoms with van der Waals surface area (Å²) in [5, 5.41) is 19.9. The van der Waals surface area contributed by atoms with Crippen LogP contribution in [0.15, 0.2) is 18.2 Å². The molecule has 0 fully saturated rings. The third-order valence-corrected chi connectivity index (χ3v) is 2.85. The Balaban J connectivity index is 2.89. The van der Waals surface area contributed by atoms with E-state index in [-0.39, 0.29) is 18.4 Å². The van der Waals surface area contributed by atoms with Gasteiger partial charge in [0.15, 0.2) is 0 Å². The zero-order chi connectivity index (χ0) is 16.0. The second-order valence-electron chi connectivity index (χ2n) is 4.50. The fourth-order valence-electron chi connectivity index (χ4n) is 1.76. The first-order valence-electron chi connectivity index (χ1n) is 6.25. The molecule has 1 amide bonds. The van der Waals surface area contributed by atoms with Crippen molar-refractivity contribution in [2.24, 2.45) is 0 Å². The van der Waals surface area contributed by atoms with Gasteiger partial charge in [-0.3, -0.25) is 9.59 Å². The van der Waals surface area contributed by atoms with Gasteiger partial charge in [-0.2, -0.15) is 0 Å². The van der Waals surface area contributed by atoms with Gasteiger partial charge in [-0.15, -0.1) is 0 Å². The Kier molecular flexibility index (Phi) is 5.71. The van der Waals surface area contributed by atoms with E-state index in [2.05, 4.69) is 5.32 Å². The van der Waals surface area contributed by atoms with Crippen molar-refractivity contribution in [3.05, 3.63) is 29.3 Å². The fourth-order valence-corrected chi connectivity index (χ4v) is 1.76. The molecule has 114 valence electrons. The number of carboxylic acid groups (broad SMARTS) is 2. The van der Waals surface area contributed by atoms with Gasteiger partial charge < -0.3 is 20.3 Å². The Morgan fingerprint density at radius 2 is 1.95 bits per heavy atom. The first-order chi connectivity index (χ1) is 9.85. The van der Waals surface area contributed by atoms with Crippen LogP contribution in [0.3, 0.4) is 0 Å². The molecule has 0 spiro atoms. The molecule has 0 aromatic heterocycles. The predicted octanol–water partition coefficient (Wildman–Crippen LogP) is 1.05. The SMILES string of the molecule is COc1ccc(C)cc1C(=O)NC(CCC(=O)O)C(=O)O. The number of ether oxygens (including phenoxy) is 1. The lowest BCUT2D eigenvalue weighted by molar-refractivity contribution is -0.140. The van der Waals surface area contributed by atoms with Crippen molar-refractivity contribution in [2.45, 2.75) is 25.8 Å². The van der Waals surface area contributed by atoms with Crippen LogP contribution in [0.4, 0.5) is 0 Å². The van der Waals surface area contributed by atoms with Crippen LogP contribution in [0.2, 0.25) is 0 Å². The highest BCUT2D eigenvalue weighted by Crippen LogP contribution is 2.19. The third-order valence-electron chi connectivity index (χ3n) is 2.85. The lowest BCUT2D eigenvalue weighted by Crippen LogP contribution is -2.41. The van der Waals surface area contributed by atoms with E-state index >= 15 is 0 Å². The Hall–Kier alpha value is -2.57. The van der Waals surface area contributed by atoms with Crippen molar-refractivity contribution in [3.8, 4) is 5.75 Å². The minimum atomic E-state index is -1.28. The number of carbonyl (C=O) groups is 3. The summed E-state index contributed by atoms with van der Waals surface area (Å²) in [6.07, 6.45) is -0.535. The van der Waals surface area contributed by atoms with Crippen molar-refractivity contribution in [2.75, 3.05) is 7.11 Å². The summed E-state index contributed by atoms with van der Waals surface area (Å²) in [6, 6.07) is 3.68. The maximum absolute atomic E-state index is 12.1. The highest BCUT2D eigenvalue weighted by Gasteiger charge is 2.23. The molecule has 0 aliphatic heterocycles. The number of methoxy groups -OCH3 is 1. The lowest BCUT2D eigenvalue weighted by Gasteiger charge is -2.15. The fraction of sp³-hybridized carbons (Fsp3) is 0.357. The number of aliphatic carboxylic acids is 2. The van der Waals surface area contributed by atoms with Gasteiger partial charge in [0.05, 0.1) is 12.7 Å². The average molecular weight is 295 g/mol. The number of rotatable bonds is 7. The van der Waals surface area contributed by atoms with Crippen LogP contribution in [0, 0.1) is 6.92 Å². The Bertz CT molecular complexity index is 554. The Morgan fingerprint density at radius 3 is 2.48 bits per heavy atom. The lowest BCUT2D eigenvalue weighted by atomic mass is 10.1. The summed E-state index contributed by atoms with van der Waals surface area (Å²) >= 11 is 0. The van der Waals surface area contributed by atoms with Gasteiger partial charge in [0.25, 0.3) is 5.91 Å². The number of amides is 1. The van der Waals surface area contributed by atoms with Crippen LogP contribution < -0.4 is 10.1 Å². The van der Waals surface area contributed by atoms with E-state index < -0.39 is 23.9 Å². The summed E-state index contributed by atoms with van der Waals surface area (Å²) in [5.74, 6) is -2.70. The zero-order valence-corrected chi connectivity index (χ0v) is 11.8. The van der Waals surface area contributed by atoms with Crippen molar-refractivity contribution < 1.29 is 29.3 Å². The largest absolute Gasteiger partial charge is 0.496 e. The quantitative estimate of drug-likeness (QED) is 0.693. The molecule has 7 heteroatoms. The van der Waals surface area contributed by atoms with Crippen molar-refractivity contribution in [1.82, 2.24) is 5.32 Å². The molecule has 1 rings (SSSR count). The monoisotopic (exact) mass is 295 g/mol.